The molecule has 2 rings (SSSR count). The highest BCUT2D eigenvalue weighted by Gasteiger charge is 2.29. The molecule has 0 spiro atoms. The van der Waals surface area contributed by atoms with E-state index >= 15 is 0 Å². The zero-order valence-electron chi connectivity index (χ0n) is 10.3. The SMILES string of the molecule is O=C(CCc1ccccc1)NCC1NC(=O)NC1=O. The Morgan fingerprint density at radius 2 is 1.95 bits per heavy atom. The van der Waals surface area contributed by atoms with Crippen molar-refractivity contribution >= 4 is 17.8 Å². The zero-order chi connectivity index (χ0) is 13.7. The summed E-state index contributed by atoms with van der Waals surface area (Å²) in [5.41, 5.74) is 1.09. The Balaban J connectivity index is 1.70. The summed E-state index contributed by atoms with van der Waals surface area (Å²) in [4.78, 5) is 33.7. The maximum absolute atomic E-state index is 11.6. The van der Waals surface area contributed by atoms with Gasteiger partial charge >= 0.3 is 6.03 Å². The summed E-state index contributed by atoms with van der Waals surface area (Å²) in [7, 11) is 0. The van der Waals surface area contributed by atoms with Crippen molar-refractivity contribution in [1.29, 1.82) is 0 Å². The molecule has 1 heterocycles. The van der Waals surface area contributed by atoms with Gasteiger partial charge in [-0.05, 0) is 12.0 Å². The molecule has 3 N–H and O–H groups in total. The summed E-state index contributed by atoms with van der Waals surface area (Å²) in [5.74, 6) is -0.550. The van der Waals surface area contributed by atoms with Gasteiger partial charge in [0.25, 0.3) is 5.91 Å². The van der Waals surface area contributed by atoms with Gasteiger partial charge in [0.1, 0.15) is 6.04 Å². The summed E-state index contributed by atoms with van der Waals surface area (Å²) < 4.78 is 0. The molecule has 19 heavy (non-hydrogen) atoms. The van der Waals surface area contributed by atoms with Crippen molar-refractivity contribution in [3.05, 3.63) is 35.9 Å². The van der Waals surface area contributed by atoms with Crippen molar-refractivity contribution in [2.75, 3.05) is 6.54 Å². The third kappa shape index (κ3) is 3.80. The van der Waals surface area contributed by atoms with Crippen molar-refractivity contribution in [3.8, 4) is 0 Å². The molecule has 6 nitrogen and oxygen atoms in total. The fraction of sp³-hybridized carbons (Fsp3) is 0.308. The average Bonchev–Trinajstić information content (AvgIpc) is 2.73. The third-order valence-corrected chi connectivity index (χ3v) is 2.85. The minimum Gasteiger partial charge on any atom is -0.353 e. The van der Waals surface area contributed by atoms with Crippen LogP contribution in [0.25, 0.3) is 0 Å². The topological polar surface area (TPSA) is 87.3 Å². The van der Waals surface area contributed by atoms with Gasteiger partial charge in [0.2, 0.25) is 5.91 Å². The van der Waals surface area contributed by atoms with Crippen LogP contribution in [-0.4, -0.2) is 30.4 Å². The first-order valence-electron chi connectivity index (χ1n) is 6.07. The second-order valence-electron chi connectivity index (χ2n) is 4.30. The van der Waals surface area contributed by atoms with Crippen LogP contribution >= 0.6 is 0 Å². The maximum atomic E-state index is 11.6. The number of carbonyl (C=O) groups excluding carboxylic acids is 3. The first-order valence-corrected chi connectivity index (χ1v) is 6.07. The number of nitrogens with one attached hydrogen (secondary N) is 3. The Kier molecular flexibility index (Phi) is 4.12. The monoisotopic (exact) mass is 261 g/mol. The van der Waals surface area contributed by atoms with Gasteiger partial charge < -0.3 is 10.6 Å². The van der Waals surface area contributed by atoms with E-state index in [1.165, 1.54) is 0 Å². The molecule has 0 bridgehead atoms. The summed E-state index contributed by atoms with van der Waals surface area (Å²) in [6.45, 7) is 0.116. The van der Waals surface area contributed by atoms with Crippen molar-refractivity contribution < 1.29 is 14.4 Å². The summed E-state index contributed by atoms with van der Waals surface area (Å²) in [6.07, 6.45) is 1.00. The van der Waals surface area contributed by atoms with E-state index < -0.39 is 18.0 Å². The standard InChI is InChI=1S/C13H15N3O3/c17-11(7-6-9-4-2-1-3-5-9)14-8-10-12(18)16-13(19)15-10/h1-5,10H,6-8H2,(H,14,17)(H2,15,16,18,19). The smallest absolute Gasteiger partial charge is 0.322 e. The minimum absolute atomic E-state index is 0.116. The number of rotatable bonds is 5. The fourth-order valence-electron chi connectivity index (χ4n) is 1.81. The van der Waals surface area contributed by atoms with Crippen LogP contribution in [0.4, 0.5) is 4.79 Å². The van der Waals surface area contributed by atoms with Crippen molar-refractivity contribution in [1.82, 2.24) is 16.0 Å². The molecule has 0 saturated carbocycles. The van der Waals surface area contributed by atoms with E-state index in [2.05, 4.69) is 16.0 Å². The fourth-order valence-corrected chi connectivity index (χ4v) is 1.81. The molecular formula is C13H15N3O3. The highest BCUT2D eigenvalue weighted by atomic mass is 16.2. The minimum atomic E-state index is -0.673. The van der Waals surface area contributed by atoms with E-state index in [0.29, 0.717) is 12.8 Å². The lowest BCUT2D eigenvalue weighted by Crippen LogP contribution is -2.41. The van der Waals surface area contributed by atoms with E-state index in [1.807, 2.05) is 30.3 Å². The third-order valence-electron chi connectivity index (χ3n) is 2.85. The number of amides is 4. The Bertz CT molecular complexity index is 487. The molecule has 1 aliphatic rings. The Morgan fingerprint density at radius 1 is 1.21 bits per heavy atom. The molecule has 100 valence electrons. The molecule has 1 saturated heterocycles. The number of hydrogen-bond acceptors (Lipinski definition) is 3. The van der Waals surface area contributed by atoms with Crippen LogP contribution in [0.2, 0.25) is 0 Å². The van der Waals surface area contributed by atoms with Gasteiger partial charge in [-0.3, -0.25) is 14.9 Å². The second-order valence-corrected chi connectivity index (χ2v) is 4.30. The van der Waals surface area contributed by atoms with Crippen LogP contribution in [0.15, 0.2) is 30.3 Å². The van der Waals surface area contributed by atoms with Gasteiger partial charge in [0.15, 0.2) is 0 Å². The van der Waals surface area contributed by atoms with Crippen LogP contribution in [0.3, 0.4) is 0 Å². The van der Waals surface area contributed by atoms with Gasteiger partial charge in [-0.2, -0.15) is 0 Å². The first kappa shape index (κ1) is 13.1. The highest BCUT2D eigenvalue weighted by molar-refractivity contribution is 6.04. The highest BCUT2D eigenvalue weighted by Crippen LogP contribution is 2.02. The molecule has 0 aliphatic carbocycles. The molecular weight excluding hydrogens is 246 g/mol. The Hall–Kier alpha value is -2.37. The molecule has 1 aliphatic heterocycles. The normalized spacial score (nSPS) is 17.8. The van der Waals surface area contributed by atoms with Crippen LogP contribution in [-0.2, 0) is 16.0 Å². The number of hydrogen-bond donors (Lipinski definition) is 3. The maximum Gasteiger partial charge on any atom is 0.322 e. The van der Waals surface area contributed by atoms with Gasteiger partial charge in [0, 0.05) is 13.0 Å². The van der Waals surface area contributed by atoms with E-state index in [9.17, 15) is 14.4 Å². The summed E-state index contributed by atoms with van der Waals surface area (Å²) in [5, 5.41) is 7.16. The average molecular weight is 261 g/mol. The van der Waals surface area contributed by atoms with Gasteiger partial charge in [0.05, 0.1) is 0 Å². The molecule has 1 fully saturated rings. The lowest BCUT2D eigenvalue weighted by molar-refractivity contribution is -0.122. The van der Waals surface area contributed by atoms with Crippen LogP contribution in [0.5, 0.6) is 0 Å². The summed E-state index contributed by atoms with van der Waals surface area (Å²) >= 11 is 0. The van der Waals surface area contributed by atoms with Crippen LogP contribution < -0.4 is 16.0 Å². The van der Waals surface area contributed by atoms with E-state index in [-0.39, 0.29) is 12.5 Å². The molecule has 4 amide bonds. The van der Waals surface area contributed by atoms with E-state index in [4.69, 9.17) is 0 Å². The molecule has 1 unspecified atom stereocenters. The first-order chi connectivity index (χ1) is 9.15. The van der Waals surface area contributed by atoms with Crippen molar-refractivity contribution in [2.45, 2.75) is 18.9 Å². The lowest BCUT2D eigenvalue weighted by atomic mass is 10.1. The van der Waals surface area contributed by atoms with E-state index in [0.717, 1.165) is 5.56 Å². The molecule has 1 aromatic carbocycles. The number of aryl methyl sites for hydroxylation is 1. The zero-order valence-corrected chi connectivity index (χ0v) is 10.3. The van der Waals surface area contributed by atoms with Crippen molar-refractivity contribution in [2.24, 2.45) is 0 Å². The van der Waals surface area contributed by atoms with Crippen molar-refractivity contribution in [3.63, 3.8) is 0 Å². The number of benzene rings is 1. The number of imide groups is 1. The molecule has 6 heteroatoms. The predicted molar refractivity (Wildman–Crippen MR) is 68.2 cm³/mol. The molecule has 0 aromatic heterocycles. The Labute approximate surface area is 110 Å². The van der Waals surface area contributed by atoms with E-state index in [1.54, 1.807) is 0 Å². The van der Waals surface area contributed by atoms with Gasteiger partial charge in [-0.1, -0.05) is 30.3 Å². The lowest BCUT2D eigenvalue weighted by Gasteiger charge is -2.09. The Morgan fingerprint density at radius 3 is 2.58 bits per heavy atom. The van der Waals surface area contributed by atoms with Crippen LogP contribution in [0, 0.1) is 0 Å². The van der Waals surface area contributed by atoms with Gasteiger partial charge in [-0.25, -0.2) is 4.79 Å². The number of carbonyl (C=O) groups is 3. The summed E-state index contributed by atoms with van der Waals surface area (Å²) in [6, 6.07) is 8.49. The molecule has 1 atom stereocenters. The van der Waals surface area contributed by atoms with Crippen LogP contribution in [0.1, 0.15) is 12.0 Å². The quantitative estimate of drug-likeness (QED) is 0.649. The van der Waals surface area contributed by atoms with Gasteiger partial charge in [-0.15, -0.1) is 0 Å². The predicted octanol–water partition coefficient (Wildman–Crippen LogP) is -0.0566. The largest absolute Gasteiger partial charge is 0.353 e. The molecule has 1 aromatic rings. The number of urea groups is 1. The molecule has 0 radical (unpaired) electrons. The second kappa shape index (κ2) is 5.99.